The van der Waals surface area contributed by atoms with Crippen LogP contribution in [0.3, 0.4) is 0 Å². The van der Waals surface area contributed by atoms with Gasteiger partial charge in [-0.05, 0) is 54.3 Å². The molecule has 3 rings (SSSR count). The summed E-state index contributed by atoms with van der Waals surface area (Å²) < 4.78 is 0. The molecule has 3 heteroatoms. The van der Waals surface area contributed by atoms with Crippen molar-refractivity contribution in [2.75, 3.05) is 6.54 Å². The predicted molar refractivity (Wildman–Crippen MR) is 79.9 cm³/mol. The molecule has 1 heterocycles. The van der Waals surface area contributed by atoms with Crippen LogP contribution in [0.5, 0.6) is 5.75 Å². The van der Waals surface area contributed by atoms with Gasteiger partial charge in [-0.15, -0.1) is 11.3 Å². The first kappa shape index (κ1) is 12.7. The summed E-state index contributed by atoms with van der Waals surface area (Å²) in [7, 11) is 0. The molecule has 1 aromatic heterocycles. The maximum atomic E-state index is 9.82. The van der Waals surface area contributed by atoms with E-state index in [4.69, 9.17) is 0 Å². The van der Waals surface area contributed by atoms with E-state index in [1.807, 2.05) is 17.4 Å². The molecule has 0 bridgehead atoms. The lowest BCUT2D eigenvalue weighted by atomic mass is 9.87. The van der Waals surface area contributed by atoms with E-state index in [9.17, 15) is 5.11 Å². The van der Waals surface area contributed by atoms with E-state index in [2.05, 4.69) is 28.9 Å². The average molecular weight is 273 g/mol. The molecular weight excluding hydrogens is 254 g/mol. The van der Waals surface area contributed by atoms with Crippen LogP contribution in [0, 0.1) is 0 Å². The molecule has 0 spiro atoms. The highest BCUT2D eigenvalue weighted by Crippen LogP contribution is 2.28. The lowest BCUT2D eigenvalue weighted by molar-refractivity contribution is 0.433. The van der Waals surface area contributed by atoms with Crippen molar-refractivity contribution in [3.05, 3.63) is 51.7 Å². The highest BCUT2D eigenvalue weighted by Gasteiger charge is 2.19. The van der Waals surface area contributed by atoms with E-state index in [0.29, 0.717) is 11.8 Å². The highest BCUT2D eigenvalue weighted by molar-refractivity contribution is 7.09. The second-order valence-electron chi connectivity index (χ2n) is 5.14. The molecular formula is C16H19NOS. The third-order valence-corrected chi connectivity index (χ3v) is 4.78. The van der Waals surface area contributed by atoms with Crippen LogP contribution in [-0.4, -0.2) is 17.7 Å². The first-order chi connectivity index (χ1) is 9.33. The Morgan fingerprint density at radius 3 is 3.05 bits per heavy atom. The summed E-state index contributed by atoms with van der Waals surface area (Å²) in [6.07, 6.45) is 4.25. The third-order valence-electron chi connectivity index (χ3n) is 3.84. The standard InChI is InChI=1S/C16H19NOS/c18-16-5-1-3-12-11-13(6-7-15(12)16)17-9-8-14-4-2-10-19-14/h1-5,10,13,17-18H,6-9,11H2. The van der Waals surface area contributed by atoms with Crippen LogP contribution in [-0.2, 0) is 19.3 Å². The van der Waals surface area contributed by atoms with Gasteiger partial charge in [0.25, 0.3) is 0 Å². The van der Waals surface area contributed by atoms with Crippen LogP contribution >= 0.6 is 11.3 Å². The third kappa shape index (κ3) is 2.99. The zero-order valence-electron chi connectivity index (χ0n) is 10.9. The summed E-state index contributed by atoms with van der Waals surface area (Å²) in [5, 5.41) is 15.6. The molecule has 2 nitrogen and oxygen atoms in total. The number of phenolic OH excluding ortho intramolecular Hbond substituents is 1. The fourth-order valence-corrected chi connectivity index (χ4v) is 3.52. The van der Waals surface area contributed by atoms with Crippen molar-refractivity contribution in [3.8, 4) is 5.75 Å². The van der Waals surface area contributed by atoms with Crippen molar-refractivity contribution >= 4 is 11.3 Å². The Labute approximate surface area is 118 Å². The summed E-state index contributed by atoms with van der Waals surface area (Å²) in [5.41, 5.74) is 2.46. The molecule has 1 atom stereocenters. The van der Waals surface area contributed by atoms with Crippen LogP contribution in [0.4, 0.5) is 0 Å². The quantitative estimate of drug-likeness (QED) is 0.897. The number of hydrogen-bond acceptors (Lipinski definition) is 3. The van der Waals surface area contributed by atoms with Gasteiger partial charge < -0.3 is 10.4 Å². The van der Waals surface area contributed by atoms with Crippen molar-refractivity contribution in [1.82, 2.24) is 5.32 Å². The van der Waals surface area contributed by atoms with Gasteiger partial charge in [-0.25, -0.2) is 0 Å². The molecule has 1 aromatic carbocycles. The van der Waals surface area contributed by atoms with Gasteiger partial charge in [0.05, 0.1) is 0 Å². The first-order valence-electron chi connectivity index (χ1n) is 6.88. The average Bonchev–Trinajstić information content (AvgIpc) is 2.92. The number of aromatic hydroxyl groups is 1. The van der Waals surface area contributed by atoms with Gasteiger partial charge in [0.2, 0.25) is 0 Å². The molecule has 1 unspecified atom stereocenters. The Balaban J connectivity index is 1.54. The van der Waals surface area contributed by atoms with Crippen LogP contribution in [0.1, 0.15) is 22.4 Å². The van der Waals surface area contributed by atoms with E-state index in [0.717, 1.165) is 37.8 Å². The van der Waals surface area contributed by atoms with E-state index in [1.54, 1.807) is 6.07 Å². The molecule has 2 N–H and O–H groups in total. The zero-order valence-corrected chi connectivity index (χ0v) is 11.7. The van der Waals surface area contributed by atoms with Gasteiger partial charge in [0.15, 0.2) is 0 Å². The molecule has 0 amide bonds. The Morgan fingerprint density at radius 1 is 1.26 bits per heavy atom. The molecule has 0 saturated heterocycles. The molecule has 19 heavy (non-hydrogen) atoms. The maximum absolute atomic E-state index is 9.82. The minimum atomic E-state index is 0.467. The summed E-state index contributed by atoms with van der Waals surface area (Å²) in [6, 6.07) is 10.7. The Morgan fingerprint density at radius 2 is 2.21 bits per heavy atom. The molecule has 0 fully saturated rings. The van der Waals surface area contributed by atoms with E-state index >= 15 is 0 Å². The second kappa shape index (κ2) is 5.76. The van der Waals surface area contributed by atoms with Gasteiger partial charge in [-0.3, -0.25) is 0 Å². The number of thiophene rings is 1. The van der Waals surface area contributed by atoms with Gasteiger partial charge in [0, 0.05) is 17.5 Å². The predicted octanol–water partition coefficient (Wildman–Crippen LogP) is 3.14. The monoisotopic (exact) mass is 273 g/mol. The number of fused-ring (bicyclic) bond motifs is 1. The maximum Gasteiger partial charge on any atom is 0.119 e. The highest BCUT2D eigenvalue weighted by atomic mass is 32.1. The molecule has 0 radical (unpaired) electrons. The number of rotatable bonds is 4. The lowest BCUT2D eigenvalue weighted by Gasteiger charge is -2.26. The summed E-state index contributed by atoms with van der Waals surface area (Å²) in [5.74, 6) is 0.467. The molecule has 2 aromatic rings. The molecule has 1 aliphatic carbocycles. The van der Waals surface area contributed by atoms with Crippen molar-refractivity contribution in [1.29, 1.82) is 0 Å². The molecule has 0 saturated carbocycles. The normalized spacial score (nSPS) is 18.2. The van der Waals surface area contributed by atoms with Gasteiger partial charge >= 0.3 is 0 Å². The minimum Gasteiger partial charge on any atom is -0.508 e. The SMILES string of the molecule is Oc1cccc2c1CCC(NCCc1cccs1)C2. The van der Waals surface area contributed by atoms with Gasteiger partial charge in [-0.1, -0.05) is 18.2 Å². The zero-order chi connectivity index (χ0) is 13.1. The van der Waals surface area contributed by atoms with Crippen LogP contribution < -0.4 is 5.32 Å². The van der Waals surface area contributed by atoms with Crippen LogP contribution in [0.15, 0.2) is 35.7 Å². The Bertz CT molecular complexity index is 536. The summed E-state index contributed by atoms with van der Waals surface area (Å²) in [6.45, 7) is 1.04. The van der Waals surface area contributed by atoms with Crippen molar-refractivity contribution in [3.63, 3.8) is 0 Å². The number of benzene rings is 1. The lowest BCUT2D eigenvalue weighted by Crippen LogP contribution is -2.35. The van der Waals surface area contributed by atoms with Crippen molar-refractivity contribution in [2.45, 2.75) is 31.7 Å². The fraction of sp³-hybridized carbons (Fsp3) is 0.375. The van der Waals surface area contributed by atoms with E-state index < -0.39 is 0 Å². The van der Waals surface area contributed by atoms with Crippen LogP contribution in [0.2, 0.25) is 0 Å². The van der Waals surface area contributed by atoms with Crippen molar-refractivity contribution < 1.29 is 5.11 Å². The molecule has 1 aliphatic rings. The number of phenols is 1. The topological polar surface area (TPSA) is 32.3 Å². The van der Waals surface area contributed by atoms with Crippen LogP contribution in [0.25, 0.3) is 0 Å². The molecule has 0 aliphatic heterocycles. The number of hydrogen-bond donors (Lipinski definition) is 2. The Kier molecular flexibility index (Phi) is 3.85. The number of nitrogens with one attached hydrogen (secondary N) is 1. The largest absolute Gasteiger partial charge is 0.508 e. The second-order valence-corrected chi connectivity index (χ2v) is 6.17. The summed E-state index contributed by atoms with van der Waals surface area (Å²) >= 11 is 1.83. The fourth-order valence-electron chi connectivity index (χ4n) is 2.82. The Hall–Kier alpha value is -1.32. The van der Waals surface area contributed by atoms with E-state index in [-0.39, 0.29) is 0 Å². The summed E-state index contributed by atoms with van der Waals surface area (Å²) in [4.78, 5) is 1.45. The van der Waals surface area contributed by atoms with Gasteiger partial charge in [0.1, 0.15) is 5.75 Å². The van der Waals surface area contributed by atoms with Crippen molar-refractivity contribution in [2.24, 2.45) is 0 Å². The molecule has 100 valence electrons. The minimum absolute atomic E-state index is 0.467. The smallest absolute Gasteiger partial charge is 0.119 e. The first-order valence-corrected chi connectivity index (χ1v) is 7.76. The van der Waals surface area contributed by atoms with E-state index in [1.165, 1.54) is 10.4 Å². The van der Waals surface area contributed by atoms with Gasteiger partial charge in [-0.2, -0.15) is 0 Å².